The fraction of sp³-hybridized carbons (Fsp3) is 0.368. The predicted octanol–water partition coefficient (Wildman–Crippen LogP) is 3.79. The number of β-amino-alcohol motifs (C(OH)–C–C–N with tert-alkyl or cyclic N) is 1. The Kier molecular flexibility index (Phi) is 3.73. The zero-order chi connectivity index (χ0) is 15.0. The lowest BCUT2D eigenvalue weighted by Crippen LogP contribution is -2.33. The zero-order valence-corrected chi connectivity index (χ0v) is 13.0. The summed E-state index contributed by atoms with van der Waals surface area (Å²) in [6.07, 6.45) is 0.618. The summed E-state index contributed by atoms with van der Waals surface area (Å²) < 4.78 is 0. The molecule has 0 bridgehead atoms. The van der Waals surface area contributed by atoms with E-state index in [1.165, 1.54) is 22.4 Å². The molecular weight excluding hydrogens is 258 g/mol. The average Bonchev–Trinajstić information content (AvgIpc) is 2.74. The topological polar surface area (TPSA) is 23.5 Å². The Morgan fingerprint density at radius 2 is 1.81 bits per heavy atom. The molecule has 0 aromatic heterocycles. The van der Waals surface area contributed by atoms with Crippen LogP contribution in [0.25, 0.3) is 0 Å². The lowest BCUT2D eigenvalue weighted by molar-refractivity contribution is 0.181. The van der Waals surface area contributed by atoms with Crippen LogP contribution in [0.2, 0.25) is 0 Å². The molecule has 1 N–H and O–H groups in total. The van der Waals surface area contributed by atoms with Gasteiger partial charge in [0.1, 0.15) is 0 Å². The molecule has 21 heavy (non-hydrogen) atoms. The molecule has 2 unspecified atom stereocenters. The van der Waals surface area contributed by atoms with Crippen LogP contribution in [0.15, 0.2) is 42.5 Å². The van der Waals surface area contributed by atoms with Crippen molar-refractivity contribution in [2.24, 2.45) is 0 Å². The van der Waals surface area contributed by atoms with Crippen LogP contribution >= 0.6 is 0 Å². The van der Waals surface area contributed by atoms with Crippen molar-refractivity contribution in [1.29, 1.82) is 0 Å². The molecule has 1 aliphatic rings. The number of rotatable bonds is 3. The number of fused-ring (bicyclic) bond motifs is 1. The molecule has 2 atom stereocenters. The molecule has 1 heterocycles. The van der Waals surface area contributed by atoms with Gasteiger partial charge in [-0.3, -0.25) is 0 Å². The van der Waals surface area contributed by atoms with Crippen LogP contribution in [0.3, 0.4) is 0 Å². The van der Waals surface area contributed by atoms with Crippen LogP contribution in [-0.2, 0) is 6.42 Å². The molecule has 3 rings (SSSR count). The number of aliphatic hydroxyl groups is 1. The van der Waals surface area contributed by atoms with E-state index >= 15 is 0 Å². The van der Waals surface area contributed by atoms with Gasteiger partial charge in [0.15, 0.2) is 0 Å². The van der Waals surface area contributed by atoms with Crippen molar-refractivity contribution >= 4 is 5.69 Å². The Bertz CT molecular complexity index is 630. The first-order valence-corrected chi connectivity index (χ1v) is 7.65. The van der Waals surface area contributed by atoms with Gasteiger partial charge in [0, 0.05) is 18.3 Å². The maximum atomic E-state index is 10.6. The lowest BCUT2D eigenvalue weighted by atomic mass is 10.0. The summed E-state index contributed by atoms with van der Waals surface area (Å²) in [5.41, 5.74) is 6.09. The summed E-state index contributed by atoms with van der Waals surface area (Å²) in [5, 5.41) is 10.6. The largest absolute Gasteiger partial charge is 0.387 e. The van der Waals surface area contributed by atoms with Gasteiger partial charge in [0.25, 0.3) is 0 Å². The first-order chi connectivity index (χ1) is 10.0. The summed E-state index contributed by atoms with van der Waals surface area (Å²) in [6, 6.07) is 15.3. The number of anilines is 1. The molecule has 0 amide bonds. The van der Waals surface area contributed by atoms with Crippen molar-refractivity contribution in [2.75, 3.05) is 11.4 Å². The van der Waals surface area contributed by atoms with E-state index < -0.39 is 6.10 Å². The Hall–Kier alpha value is -1.80. The van der Waals surface area contributed by atoms with Crippen molar-refractivity contribution in [2.45, 2.75) is 39.3 Å². The Labute approximate surface area is 127 Å². The third-order valence-corrected chi connectivity index (χ3v) is 4.35. The minimum absolute atomic E-state index is 0.447. The van der Waals surface area contributed by atoms with E-state index in [-0.39, 0.29) is 0 Å². The van der Waals surface area contributed by atoms with Crippen molar-refractivity contribution in [3.05, 3.63) is 64.7 Å². The van der Waals surface area contributed by atoms with Gasteiger partial charge in [-0.15, -0.1) is 0 Å². The molecule has 0 aliphatic carbocycles. The normalized spacial score (nSPS) is 18.7. The highest BCUT2D eigenvalue weighted by Crippen LogP contribution is 2.33. The first kappa shape index (κ1) is 14.2. The number of aliphatic hydroxyl groups excluding tert-OH is 1. The molecule has 0 spiro atoms. The number of nitrogens with zero attached hydrogens (tertiary/aromatic N) is 1. The molecule has 0 fully saturated rings. The minimum Gasteiger partial charge on any atom is -0.387 e. The van der Waals surface area contributed by atoms with Crippen LogP contribution in [0.1, 0.15) is 35.3 Å². The molecular formula is C19H23NO. The fourth-order valence-electron chi connectivity index (χ4n) is 3.40. The quantitative estimate of drug-likeness (QED) is 0.925. The molecule has 2 aromatic rings. The predicted molar refractivity (Wildman–Crippen MR) is 87.8 cm³/mol. The zero-order valence-electron chi connectivity index (χ0n) is 13.0. The summed E-state index contributed by atoms with van der Waals surface area (Å²) in [7, 11) is 0. The van der Waals surface area contributed by atoms with Gasteiger partial charge in [-0.05, 0) is 44.4 Å². The molecule has 0 saturated carbocycles. The van der Waals surface area contributed by atoms with Gasteiger partial charge < -0.3 is 10.0 Å². The van der Waals surface area contributed by atoms with Gasteiger partial charge in [-0.1, -0.05) is 47.5 Å². The van der Waals surface area contributed by atoms with Gasteiger partial charge in [-0.25, -0.2) is 0 Å². The second kappa shape index (κ2) is 5.53. The van der Waals surface area contributed by atoms with E-state index in [1.54, 1.807) is 0 Å². The highest BCUT2D eigenvalue weighted by atomic mass is 16.3. The van der Waals surface area contributed by atoms with Crippen molar-refractivity contribution in [3.63, 3.8) is 0 Å². The van der Waals surface area contributed by atoms with E-state index in [4.69, 9.17) is 0 Å². The molecule has 0 radical (unpaired) electrons. The van der Waals surface area contributed by atoms with Crippen molar-refractivity contribution in [1.82, 2.24) is 0 Å². The Morgan fingerprint density at radius 1 is 1.14 bits per heavy atom. The van der Waals surface area contributed by atoms with Crippen LogP contribution in [0, 0.1) is 13.8 Å². The Morgan fingerprint density at radius 3 is 2.52 bits per heavy atom. The summed E-state index contributed by atoms with van der Waals surface area (Å²) in [4.78, 5) is 2.33. The monoisotopic (exact) mass is 281 g/mol. The van der Waals surface area contributed by atoms with Crippen LogP contribution < -0.4 is 4.90 Å². The number of para-hydroxylation sites is 1. The molecule has 2 heteroatoms. The third-order valence-electron chi connectivity index (χ3n) is 4.35. The molecule has 1 aliphatic heterocycles. The maximum Gasteiger partial charge on any atom is 0.0965 e. The third kappa shape index (κ3) is 2.81. The fourth-order valence-corrected chi connectivity index (χ4v) is 3.40. The van der Waals surface area contributed by atoms with E-state index in [0.717, 1.165) is 12.0 Å². The second-order valence-corrected chi connectivity index (χ2v) is 6.27. The van der Waals surface area contributed by atoms with E-state index in [0.29, 0.717) is 12.6 Å². The van der Waals surface area contributed by atoms with Crippen LogP contribution in [-0.4, -0.2) is 17.7 Å². The maximum absolute atomic E-state index is 10.6. The van der Waals surface area contributed by atoms with E-state index in [2.05, 4.69) is 68.1 Å². The average molecular weight is 281 g/mol. The smallest absolute Gasteiger partial charge is 0.0965 e. The second-order valence-electron chi connectivity index (χ2n) is 6.27. The van der Waals surface area contributed by atoms with E-state index in [1.807, 2.05) is 0 Å². The van der Waals surface area contributed by atoms with Gasteiger partial charge in [-0.2, -0.15) is 0 Å². The van der Waals surface area contributed by atoms with Crippen molar-refractivity contribution < 1.29 is 5.11 Å². The van der Waals surface area contributed by atoms with Crippen LogP contribution in [0.4, 0.5) is 5.69 Å². The molecule has 2 aromatic carbocycles. The highest BCUT2D eigenvalue weighted by Gasteiger charge is 2.27. The van der Waals surface area contributed by atoms with Crippen molar-refractivity contribution in [3.8, 4) is 0 Å². The molecule has 2 nitrogen and oxygen atoms in total. The molecule has 110 valence electrons. The highest BCUT2D eigenvalue weighted by molar-refractivity contribution is 5.59. The van der Waals surface area contributed by atoms with Crippen LogP contribution in [0.5, 0.6) is 0 Å². The van der Waals surface area contributed by atoms with Gasteiger partial charge in [0.05, 0.1) is 6.10 Å². The van der Waals surface area contributed by atoms with E-state index in [9.17, 15) is 5.11 Å². The van der Waals surface area contributed by atoms with Gasteiger partial charge >= 0.3 is 0 Å². The summed E-state index contributed by atoms with van der Waals surface area (Å²) in [6.45, 7) is 7.04. The number of hydrogen-bond acceptors (Lipinski definition) is 2. The first-order valence-electron chi connectivity index (χ1n) is 7.65. The lowest BCUT2D eigenvalue weighted by Gasteiger charge is -2.28. The number of aryl methyl sites for hydroxylation is 2. The summed E-state index contributed by atoms with van der Waals surface area (Å²) >= 11 is 0. The number of hydrogen-bond donors (Lipinski definition) is 1. The number of benzene rings is 2. The standard InChI is InChI=1S/C19H23NO/c1-13-8-14(2)10-17(9-13)19(21)12-20-15(3)11-16-6-4-5-7-18(16)20/h4-10,15,19,21H,11-12H2,1-3H3. The Balaban J connectivity index is 1.83. The van der Waals surface area contributed by atoms with Gasteiger partial charge in [0.2, 0.25) is 0 Å². The molecule has 0 saturated heterocycles. The summed E-state index contributed by atoms with van der Waals surface area (Å²) in [5.74, 6) is 0. The SMILES string of the molecule is Cc1cc(C)cc(C(O)CN2c3ccccc3CC2C)c1. The minimum atomic E-state index is -0.447.